The molecule has 1 fully saturated rings. The average Bonchev–Trinajstić information content (AvgIpc) is 3.51. The van der Waals surface area contributed by atoms with Crippen LogP contribution in [-0.4, -0.2) is 18.0 Å². The first kappa shape index (κ1) is 34.7. The van der Waals surface area contributed by atoms with Crippen molar-refractivity contribution in [3.63, 3.8) is 0 Å². The molecule has 1 aliphatic carbocycles. The summed E-state index contributed by atoms with van der Waals surface area (Å²) in [5.41, 5.74) is 9.46. The Hall–Kier alpha value is -4.15. The molecule has 8 rings (SSSR count). The number of benzene rings is 4. The smallest absolute Gasteiger partial charge is 0.121 e. The molecule has 49 heavy (non-hydrogen) atoms. The van der Waals surface area contributed by atoms with Crippen LogP contribution in [0.25, 0.3) is 55.6 Å². The summed E-state index contributed by atoms with van der Waals surface area (Å²) in [7, 11) is -1.23. The Morgan fingerprint density at radius 1 is 0.714 bits per heavy atom. The maximum atomic E-state index is 6.42. The van der Waals surface area contributed by atoms with Gasteiger partial charge in [-0.15, -0.1) is 54.1 Å². The zero-order chi connectivity index (χ0) is 32.9. The van der Waals surface area contributed by atoms with Gasteiger partial charge in [0.15, 0.2) is 0 Å². The van der Waals surface area contributed by atoms with Crippen LogP contribution in [0.15, 0.2) is 126 Å². The minimum Gasteiger partial charge on any atom is -0.501 e. The molecule has 3 aromatic heterocycles. The molecule has 1 saturated carbocycles. The van der Waals surface area contributed by atoms with Crippen LogP contribution in [0.1, 0.15) is 37.7 Å². The quantitative estimate of drug-likeness (QED) is 0.124. The van der Waals surface area contributed by atoms with Crippen molar-refractivity contribution in [2.45, 2.75) is 58.2 Å². The van der Waals surface area contributed by atoms with Crippen LogP contribution < -0.4 is 5.19 Å². The topological polar surface area (TPSA) is 38.9 Å². The molecule has 0 atom stereocenters. The normalized spacial score (nSPS) is 13.4. The van der Waals surface area contributed by atoms with Crippen molar-refractivity contribution in [1.29, 1.82) is 0 Å². The van der Waals surface area contributed by atoms with Gasteiger partial charge in [0.1, 0.15) is 5.58 Å². The molecule has 4 aromatic carbocycles. The summed E-state index contributed by atoms with van der Waals surface area (Å²) in [6.07, 6.45) is 12.0. The van der Waals surface area contributed by atoms with Gasteiger partial charge >= 0.3 is 0 Å². The van der Waals surface area contributed by atoms with Crippen molar-refractivity contribution in [2.24, 2.45) is 5.92 Å². The zero-order valence-corrected chi connectivity index (χ0v) is 31.9. The molecule has 1 aliphatic rings. The van der Waals surface area contributed by atoms with Gasteiger partial charge < -0.3 is 14.4 Å². The van der Waals surface area contributed by atoms with Gasteiger partial charge in [0.05, 0.1) is 13.7 Å². The number of aromatic nitrogens is 2. The van der Waals surface area contributed by atoms with Gasteiger partial charge in [-0.3, -0.25) is 0 Å². The summed E-state index contributed by atoms with van der Waals surface area (Å²) in [6, 6.07) is 44.3. The van der Waals surface area contributed by atoms with Crippen LogP contribution in [0.2, 0.25) is 19.6 Å². The number of hydrogen-bond donors (Lipinski definition) is 0. The predicted molar refractivity (Wildman–Crippen MR) is 203 cm³/mol. The van der Waals surface area contributed by atoms with Crippen LogP contribution in [-0.2, 0) is 26.5 Å². The molecular formula is C44H42IrN2OSi-2. The van der Waals surface area contributed by atoms with E-state index in [2.05, 4.69) is 110 Å². The van der Waals surface area contributed by atoms with E-state index >= 15 is 0 Å². The first-order valence-corrected chi connectivity index (χ1v) is 20.7. The molecular weight excluding hydrogens is 793 g/mol. The predicted octanol–water partition coefficient (Wildman–Crippen LogP) is 11.3. The van der Waals surface area contributed by atoms with Gasteiger partial charge in [0, 0.05) is 37.9 Å². The zero-order valence-electron chi connectivity index (χ0n) is 28.5. The molecule has 0 saturated heterocycles. The standard InChI is InChI=1S/C30H26NO.C14H16NSi.Ir/c1-3-8-21(9-4-1)18-22-16-17-31-28(19-22)27-13-7-12-26-25-15-14-24(20-29(25)32-30(26)27)23-10-5-2-6-11-23;1-16(2,3)13-9-10-14(15-11-13)12-7-5-4-6-8-12;/h2,5-7,10-12,14-17,19-21H,1,3-4,8-9,18H2;4-7,9-11H,1-3H3;/q2*-1;. The van der Waals surface area contributed by atoms with Gasteiger partial charge in [-0.2, -0.15) is 0 Å². The fourth-order valence-electron chi connectivity index (χ4n) is 6.75. The first-order valence-electron chi connectivity index (χ1n) is 17.2. The van der Waals surface area contributed by atoms with E-state index in [0.717, 1.165) is 62.4 Å². The third-order valence-corrected chi connectivity index (χ3v) is 11.5. The minimum absolute atomic E-state index is 0. The van der Waals surface area contributed by atoms with Crippen LogP contribution in [0.4, 0.5) is 0 Å². The van der Waals surface area contributed by atoms with E-state index in [1.165, 1.54) is 48.4 Å². The van der Waals surface area contributed by atoms with Crippen molar-refractivity contribution in [2.75, 3.05) is 0 Å². The van der Waals surface area contributed by atoms with Crippen molar-refractivity contribution >= 4 is 35.2 Å². The summed E-state index contributed by atoms with van der Waals surface area (Å²) in [6.45, 7) is 7.00. The Bertz CT molecular complexity index is 2110. The fourth-order valence-corrected chi connectivity index (χ4v) is 7.79. The van der Waals surface area contributed by atoms with Gasteiger partial charge in [-0.25, -0.2) is 0 Å². The average molecular weight is 835 g/mol. The molecule has 3 nitrogen and oxygen atoms in total. The number of pyridine rings is 2. The van der Waals surface area contributed by atoms with Crippen LogP contribution in [0.3, 0.4) is 0 Å². The number of nitrogens with zero attached hydrogens (tertiary/aromatic N) is 2. The molecule has 0 unspecified atom stereocenters. The SMILES string of the molecule is C[Si](C)(C)c1ccc(-c2[c-]cccc2)nc1.[Ir].[c-]1ccc2c(oc3cc(-c4ccccc4)ccc32)c1-c1cc(CC2CCCCC2)ccn1. The molecule has 0 amide bonds. The van der Waals surface area contributed by atoms with Crippen molar-refractivity contribution in [3.8, 4) is 33.6 Å². The Kier molecular flexibility index (Phi) is 11.0. The first-order chi connectivity index (χ1) is 23.4. The van der Waals surface area contributed by atoms with E-state index in [1.807, 2.05) is 48.8 Å². The van der Waals surface area contributed by atoms with Gasteiger partial charge in [-0.05, 0) is 52.2 Å². The molecule has 0 spiro atoms. The Morgan fingerprint density at radius 3 is 2.27 bits per heavy atom. The van der Waals surface area contributed by atoms with Crippen LogP contribution in [0.5, 0.6) is 0 Å². The van der Waals surface area contributed by atoms with E-state index in [0.29, 0.717) is 0 Å². The van der Waals surface area contributed by atoms with Crippen LogP contribution >= 0.6 is 0 Å². The Morgan fingerprint density at radius 2 is 1.53 bits per heavy atom. The molecule has 1 radical (unpaired) electrons. The van der Waals surface area contributed by atoms with Crippen molar-refractivity contribution in [1.82, 2.24) is 9.97 Å². The summed E-state index contributed by atoms with van der Waals surface area (Å²) < 4.78 is 6.42. The van der Waals surface area contributed by atoms with Gasteiger partial charge in [0.2, 0.25) is 0 Å². The second kappa shape index (κ2) is 15.6. The summed E-state index contributed by atoms with van der Waals surface area (Å²) in [4.78, 5) is 9.22. The van der Waals surface area contributed by atoms with E-state index in [9.17, 15) is 0 Å². The van der Waals surface area contributed by atoms with Crippen molar-refractivity contribution < 1.29 is 24.5 Å². The van der Waals surface area contributed by atoms with E-state index in [4.69, 9.17) is 9.40 Å². The molecule has 3 heterocycles. The Labute approximate surface area is 305 Å². The minimum atomic E-state index is -1.23. The molecule has 5 heteroatoms. The van der Waals surface area contributed by atoms with E-state index in [-0.39, 0.29) is 20.1 Å². The largest absolute Gasteiger partial charge is 0.501 e. The molecule has 0 N–H and O–H groups in total. The third-order valence-electron chi connectivity index (χ3n) is 9.48. The van der Waals surface area contributed by atoms with E-state index < -0.39 is 8.07 Å². The maximum absolute atomic E-state index is 6.42. The second-order valence-electron chi connectivity index (χ2n) is 14.0. The number of fused-ring (bicyclic) bond motifs is 3. The maximum Gasteiger partial charge on any atom is 0.121 e. The van der Waals surface area contributed by atoms with E-state index in [1.54, 1.807) is 0 Å². The van der Waals surface area contributed by atoms with Crippen molar-refractivity contribution in [3.05, 3.63) is 139 Å². The van der Waals surface area contributed by atoms with Crippen LogP contribution in [0, 0.1) is 18.1 Å². The third kappa shape index (κ3) is 8.19. The summed E-state index contributed by atoms with van der Waals surface area (Å²) in [5.74, 6) is 0.807. The number of hydrogen-bond acceptors (Lipinski definition) is 3. The molecule has 7 aromatic rings. The summed E-state index contributed by atoms with van der Waals surface area (Å²) in [5, 5.41) is 3.65. The Balaban J connectivity index is 0.000000208. The molecule has 0 aliphatic heterocycles. The fraction of sp³-hybridized carbons (Fsp3) is 0.227. The number of rotatable bonds is 6. The molecule has 249 valence electrons. The number of furan rings is 1. The monoisotopic (exact) mass is 835 g/mol. The summed E-state index contributed by atoms with van der Waals surface area (Å²) >= 11 is 0. The van der Waals surface area contributed by atoms with Gasteiger partial charge in [0.25, 0.3) is 0 Å². The second-order valence-corrected chi connectivity index (χ2v) is 19.1. The molecule has 0 bridgehead atoms. The van der Waals surface area contributed by atoms with Gasteiger partial charge in [-0.1, -0.05) is 129 Å².